The van der Waals surface area contributed by atoms with Gasteiger partial charge in [-0.15, -0.1) is 0 Å². The maximum absolute atomic E-state index is 11.1. The number of hydrogen-bond donors (Lipinski definition) is 2. The standard InChI is InChI=1S/C12H16N2O4/c1-2-18-11(15)13-8-9-14(12(16)17)10-6-4-3-5-7-10/h3-7H,2,8-9H2,1H3,(H,13,15)(H,16,17). The smallest absolute Gasteiger partial charge is 0.411 e. The van der Waals surface area contributed by atoms with E-state index in [1.54, 1.807) is 37.3 Å². The zero-order valence-corrected chi connectivity index (χ0v) is 10.1. The topological polar surface area (TPSA) is 78.9 Å². The summed E-state index contributed by atoms with van der Waals surface area (Å²) in [5, 5.41) is 11.5. The Balaban J connectivity index is 2.50. The molecular weight excluding hydrogens is 236 g/mol. The minimum absolute atomic E-state index is 0.165. The van der Waals surface area contributed by atoms with Crippen molar-refractivity contribution in [2.45, 2.75) is 6.92 Å². The molecule has 0 atom stereocenters. The van der Waals surface area contributed by atoms with E-state index in [2.05, 4.69) is 10.1 Å². The summed E-state index contributed by atoms with van der Waals surface area (Å²) in [5.74, 6) is 0. The van der Waals surface area contributed by atoms with E-state index in [9.17, 15) is 9.59 Å². The van der Waals surface area contributed by atoms with Gasteiger partial charge in [-0.1, -0.05) is 18.2 Å². The van der Waals surface area contributed by atoms with Crippen LogP contribution in [0.3, 0.4) is 0 Å². The fourth-order valence-corrected chi connectivity index (χ4v) is 1.40. The van der Waals surface area contributed by atoms with Crippen LogP contribution in [-0.2, 0) is 4.74 Å². The minimum atomic E-state index is -1.06. The highest BCUT2D eigenvalue weighted by Gasteiger charge is 2.13. The Morgan fingerprint density at radius 1 is 1.33 bits per heavy atom. The van der Waals surface area contributed by atoms with E-state index in [1.807, 2.05) is 0 Å². The Hall–Kier alpha value is -2.24. The number of alkyl carbamates (subject to hydrolysis) is 1. The van der Waals surface area contributed by atoms with E-state index in [-0.39, 0.29) is 19.7 Å². The van der Waals surface area contributed by atoms with Gasteiger partial charge in [-0.05, 0) is 19.1 Å². The normalized spacial score (nSPS) is 9.61. The van der Waals surface area contributed by atoms with Crippen LogP contribution >= 0.6 is 0 Å². The quantitative estimate of drug-likeness (QED) is 0.839. The molecule has 98 valence electrons. The van der Waals surface area contributed by atoms with Crippen LogP contribution in [0.15, 0.2) is 30.3 Å². The number of nitrogens with zero attached hydrogens (tertiary/aromatic N) is 1. The molecule has 0 fully saturated rings. The number of benzene rings is 1. The molecule has 18 heavy (non-hydrogen) atoms. The summed E-state index contributed by atoms with van der Waals surface area (Å²) in [6.07, 6.45) is -1.61. The number of para-hydroxylation sites is 1. The first kappa shape index (κ1) is 13.8. The third-order valence-electron chi connectivity index (χ3n) is 2.18. The molecule has 0 aliphatic carbocycles. The number of anilines is 1. The van der Waals surface area contributed by atoms with Crippen molar-refractivity contribution >= 4 is 17.9 Å². The van der Waals surface area contributed by atoms with Gasteiger partial charge in [-0.3, -0.25) is 4.90 Å². The van der Waals surface area contributed by atoms with Crippen LogP contribution in [-0.4, -0.2) is 37.0 Å². The average molecular weight is 252 g/mol. The van der Waals surface area contributed by atoms with Crippen molar-refractivity contribution in [1.29, 1.82) is 0 Å². The maximum Gasteiger partial charge on any atom is 0.411 e. The number of hydrogen-bond acceptors (Lipinski definition) is 3. The number of rotatable bonds is 5. The Morgan fingerprint density at radius 2 is 2.00 bits per heavy atom. The number of amides is 2. The molecule has 0 spiro atoms. The summed E-state index contributed by atoms with van der Waals surface area (Å²) in [6.45, 7) is 2.35. The third kappa shape index (κ3) is 4.32. The van der Waals surface area contributed by atoms with Crippen LogP contribution < -0.4 is 10.2 Å². The Bertz CT molecular complexity index is 394. The first-order valence-corrected chi connectivity index (χ1v) is 5.61. The number of carboxylic acid groups (broad SMARTS) is 1. The van der Waals surface area contributed by atoms with E-state index in [0.717, 1.165) is 4.90 Å². The summed E-state index contributed by atoms with van der Waals surface area (Å²) in [4.78, 5) is 23.3. The highest BCUT2D eigenvalue weighted by molar-refractivity contribution is 5.86. The lowest BCUT2D eigenvalue weighted by Crippen LogP contribution is -2.38. The van der Waals surface area contributed by atoms with Crippen LogP contribution in [0.4, 0.5) is 15.3 Å². The maximum atomic E-state index is 11.1. The van der Waals surface area contributed by atoms with Gasteiger partial charge < -0.3 is 15.2 Å². The van der Waals surface area contributed by atoms with Crippen LogP contribution in [0.25, 0.3) is 0 Å². The van der Waals surface area contributed by atoms with Gasteiger partial charge in [0.05, 0.1) is 6.61 Å². The second-order valence-electron chi connectivity index (χ2n) is 3.42. The molecule has 0 saturated carbocycles. The molecule has 2 amide bonds. The molecule has 0 aliphatic heterocycles. The third-order valence-corrected chi connectivity index (χ3v) is 2.18. The monoisotopic (exact) mass is 252 g/mol. The predicted molar refractivity (Wildman–Crippen MR) is 66.8 cm³/mol. The van der Waals surface area contributed by atoms with Crippen molar-refractivity contribution in [3.05, 3.63) is 30.3 Å². The highest BCUT2D eigenvalue weighted by Crippen LogP contribution is 2.12. The van der Waals surface area contributed by atoms with Gasteiger partial charge in [0.25, 0.3) is 0 Å². The van der Waals surface area contributed by atoms with Gasteiger partial charge in [-0.25, -0.2) is 9.59 Å². The van der Waals surface area contributed by atoms with E-state index in [1.165, 1.54) is 0 Å². The van der Waals surface area contributed by atoms with Crippen molar-refractivity contribution in [2.24, 2.45) is 0 Å². The van der Waals surface area contributed by atoms with Crippen molar-refractivity contribution in [2.75, 3.05) is 24.6 Å². The molecule has 6 heteroatoms. The van der Waals surface area contributed by atoms with Crippen molar-refractivity contribution in [3.63, 3.8) is 0 Å². The fraction of sp³-hybridized carbons (Fsp3) is 0.333. The molecule has 0 radical (unpaired) electrons. The second-order valence-corrected chi connectivity index (χ2v) is 3.42. The molecule has 0 aliphatic rings. The molecule has 0 saturated heterocycles. The molecule has 1 aromatic carbocycles. The molecule has 1 aromatic rings. The lowest BCUT2D eigenvalue weighted by molar-refractivity contribution is 0.152. The van der Waals surface area contributed by atoms with E-state index < -0.39 is 12.2 Å². The summed E-state index contributed by atoms with van der Waals surface area (Å²) >= 11 is 0. The summed E-state index contributed by atoms with van der Waals surface area (Å²) in [7, 11) is 0. The van der Waals surface area contributed by atoms with E-state index in [0.29, 0.717) is 5.69 Å². The van der Waals surface area contributed by atoms with E-state index in [4.69, 9.17) is 5.11 Å². The van der Waals surface area contributed by atoms with Gasteiger partial charge in [0, 0.05) is 18.8 Å². The van der Waals surface area contributed by atoms with Gasteiger partial charge in [0.2, 0.25) is 0 Å². The predicted octanol–water partition coefficient (Wildman–Crippen LogP) is 1.92. The fourth-order valence-electron chi connectivity index (χ4n) is 1.40. The Kier molecular flexibility index (Phi) is 5.50. The molecule has 1 rings (SSSR count). The number of carbonyl (C=O) groups excluding carboxylic acids is 1. The van der Waals surface area contributed by atoms with Gasteiger partial charge >= 0.3 is 12.2 Å². The SMILES string of the molecule is CCOC(=O)NCCN(C(=O)O)c1ccccc1. The Morgan fingerprint density at radius 3 is 2.56 bits per heavy atom. The summed E-state index contributed by atoms with van der Waals surface area (Å²) in [6, 6.07) is 8.70. The van der Waals surface area contributed by atoms with Gasteiger partial charge in [0.15, 0.2) is 0 Å². The molecule has 0 aromatic heterocycles. The molecule has 0 heterocycles. The summed E-state index contributed by atoms with van der Waals surface area (Å²) < 4.78 is 4.67. The van der Waals surface area contributed by atoms with E-state index >= 15 is 0 Å². The zero-order chi connectivity index (χ0) is 13.4. The lowest BCUT2D eigenvalue weighted by atomic mass is 10.3. The van der Waals surface area contributed by atoms with Crippen molar-refractivity contribution in [3.8, 4) is 0 Å². The first-order chi connectivity index (χ1) is 8.65. The van der Waals surface area contributed by atoms with Gasteiger partial charge in [-0.2, -0.15) is 0 Å². The van der Waals surface area contributed by atoms with Crippen LogP contribution in [0.1, 0.15) is 6.92 Å². The average Bonchev–Trinajstić information content (AvgIpc) is 2.35. The molecule has 0 unspecified atom stereocenters. The van der Waals surface area contributed by atoms with Crippen molar-refractivity contribution in [1.82, 2.24) is 5.32 Å². The molecule has 0 bridgehead atoms. The zero-order valence-electron chi connectivity index (χ0n) is 10.1. The second kappa shape index (κ2) is 7.16. The largest absolute Gasteiger partial charge is 0.465 e. The number of nitrogens with one attached hydrogen (secondary N) is 1. The highest BCUT2D eigenvalue weighted by atomic mass is 16.5. The lowest BCUT2D eigenvalue weighted by Gasteiger charge is -2.19. The summed E-state index contributed by atoms with van der Waals surface area (Å²) in [5.41, 5.74) is 0.565. The number of carbonyl (C=O) groups is 2. The van der Waals surface area contributed by atoms with Gasteiger partial charge in [0.1, 0.15) is 0 Å². The molecule has 6 nitrogen and oxygen atoms in total. The Labute approximate surface area is 105 Å². The van der Waals surface area contributed by atoms with Crippen molar-refractivity contribution < 1.29 is 19.4 Å². The number of ether oxygens (including phenoxy) is 1. The minimum Gasteiger partial charge on any atom is -0.465 e. The first-order valence-electron chi connectivity index (χ1n) is 5.61. The van der Waals surface area contributed by atoms with Crippen LogP contribution in [0.2, 0.25) is 0 Å². The van der Waals surface area contributed by atoms with Crippen LogP contribution in [0, 0.1) is 0 Å². The molecular formula is C12H16N2O4. The molecule has 2 N–H and O–H groups in total. The van der Waals surface area contributed by atoms with Crippen LogP contribution in [0.5, 0.6) is 0 Å².